The maximum Gasteiger partial charge on any atom is 0.335 e. The van der Waals surface area contributed by atoms with E-state index in [1.54, 1.807) is 97.1 Å². The first-order chi connectivity index (χ1) is 35.9. The Bertz CT molecular complexity index is 3250. The zero-order chi connectivity index (χ0) is 56.0. The lowest BCUT2D eigenvalue weighted by Gasteiger charge is -2.01. The topological polar surface area (TPSA) is 282 Å². The van der Waals surface area contributed by atoms with Gasteiger partial charge in [0.25, 0.3) is 0 Å². The summed E-state index contributed by atoms with van der Waals surface area (Å²) in [5.41, 5.74) is 9.26. The van der Waals surface area contributed by atoms with E-state index in [4.69, 9.17) is 20.4 Å². The molecule has 2 heterocycles. The molecule has 10 aromatic rings. The first-order valence-electron chi connectivity index (χ1n) is 23.3. The van der Waals surface area contributed by atoms with Crippen molar-refractivity contribution in [2.24, 2.45) is 0 Å². The van der Waals surface area contributed by atoms with Crippen LogP contribution in [0, 0.1) is 55.4 Å². The predicted molar refractivity (Wildman–Crippen MR) is 292 cm³/mol. The van der Waals surface area contributed by atoms with E-state index < -0.39 is 23.9 Å². The largest absolute Gasteiger partial charge is 0.508 e. The van der Waals surface area contributed by atoms with Gasteiger partial charge in [-0.15, -0.1) is 0 Å². The number of aryl methyl sites for hydroxylation is 8. The Morgan fingerprint density at radius 3 is 0.553 bits per heavy atom. The molecule has 0 spiro atoms. The Hall–Kier alpha value is -9.96. The van der Waals surface area contributed by atoms with Gasteiger partial charge in [0, 0.05) is 0 Å². The summed E-state index contributed by atoms with van der Waals surface area (Å²) < 4.78 is 0. The van der Waals surface area contributed by atoms with E-state index in [2.05, 4.69) is 19.9 Å². The minimum absolute atomic E-state index is 0.181. The van der Waals surface area contributed by atoms with Crippen LogP contribution < -0.4 is 0 Å². The van der Waals surface area contributed by atoms with Crippen molar-refractivity contribution in [3.05, 3.63) is 213 Å². The number of carboxylic acid groups (broad SMARTS) is 4. The zero-order valence-electron chi connectivity index (χ0n) is 42.9. The second-order valence-corrected chi connectivity index (χ2v) is 17.3. The molecule has 16 nitrogen and oxygen atoms in total. The number of fused-ring (bicyclic) bond motifs is 4. The van der Waals surface area contributed by atoms with Crippen LogP contribution in [0.15, 0.2) is 146 Å². The lowest BCUT2D eigenvalue weighted by molar-refractivity contribution is 0.0686. The van der Waals surface area contributed by atoms with Gasteiger partial charge < -0.3 is 40.9 Å². The van der Waals surface area contributed by atoms with Gasteiger partial charge >= 0.3 is 23.9 Å². The van der Waals surface area contributed by atoms with Crippen LogP contribution in [0.1, 0.15) is 87.0 Å². The summed E-state index contributed by atoms with van der Waals surface area (Å²) in [6.07, 6.45) is 0. The molecule has 388 valence electrons. The monoisotopic (exact) mass is 1020 g/mol. The third-order valence-corrected chi connectivity index (χ3v) is 11.7. The lowest BCUT2D eigenvalue weighted by Crippen LogP contribution is -1.97. The molecule has 0 aliphatic carbocycles. The molecule has 10 rings (SSSR count). The standard InChI is InChI=1S/4C11H8O3.2C8H12N2/c4*12-10-4-3-7-5-9(11(13)14)2-1-8(7)6-10;2*1-5-6(2)10-8(4)7(3)9-5/h4*1-6,12H,(H,13,14);2*1-4H3. The summed E-state index contributed by atoms with van der Waals surface area (Å²) >= 11 is 0. The van der Waals surface area contributed by atoms with Crippen LogP contribution in [-0.4, -0.2) is 84.7 Å². The van der Waals surface area contributed by atoms with Gasteiger partial charge in [0.2, 0.25) is 0 Å². The number of carboxylic acids is 4. The molecule has 8 N–H and O–H groups in total. The summed E-state index contributed by atoms with van der Waals surface area (Å²) in [7, 11) is 0. The number of phenolic OH excluding ortho intramolecular Hbond substituents is 4. The summed E-state index contributed by atoms with van der Waals surface area (Å²) in [6, 6.07) is 38.4. The van der Waals surface area contributed by atoms with E-state index in [1.165, 1.54) is 48.5 Å². The number of phenols is 4. The van der Waals surface area contributed by atoms with Crippen LogP contribution >= 0.6 is 0 Å². The third kappa shape index (κ3) is 16.0. The molecular weight excluding hydrogens is 969 g/mol. The van der Waals surface area contributed by atoms with Crippen molar-refractivity contribution in [2.75, 3.05) is 0 Å². The fraction of sp³-hybridized carbons (Fsp3) is 0.133. The van der Waals surface area contributed by atoms with E-state index in [9.17, 15) is 39.6 Å². The van der Waals surface area contributed by atoms with Gasteiger partial charge in [0.05, 0.1) is 67.8 Å². The van der Waals surface area contributed by atoms with Crippen LogP contribution in [-0.2, 0) is 0 Å². The first kappa shape index (κ1) is 56.9. The second-order valence-electron chi connectivity index (χ2n) is 17.3. The molecule has 0 radical (unpaired) electrons. The first-order valence-corrected chi connectivity index (χ1v) is 23.3. The summed E-state index contributed by atoms with van der Waals surface area (Å²) in [6.45, 7) is 15.8. The zero-order valence-corrected chi connectivity index (χ0v) is 42.9. The maximum atomic E-state index is 10.7. The van der Waals surface area contributed by atoms with Gasteiger partial charge in [-0.05, 0) is 196 Å². The highest BCUT2D eigenvalue weighted by Gasteiger charge is 2.07. The Morgan fingerprint density at radius 1 is 0.250 bits per heavy atom. The van der Waals surface area contributed by atoms with E-state index >= 15 is 0 Å². The molecule has 0 atom stereocenters. The van der Waals surface area contributed by atoms with Crippen molar-refractivity contribution in [3.8, 4) is 23.0 Å². The molecule has 76 heavy (non-hydrogen) atoms. The smallest absolute Gasteiger partial charge is 0.335 e. The van der Waals surface area contributed by atoms with Gasteiger partial charge in [-0.25, -0.2) is 19.2 Å². The highest BCUT2D eigenvalue weighted by molar-refractivity contribution is 5.97. The quantitative estimate of drug-likeness (QED) is 0.0813. The molecule has 16 heteroatoms. The summed E-state index contributed by atoms with van der Waals surface area (Å²) in [5.74, 6) is -3.05. The summed E-state index contributed by atoms with van der Waals surface area (Å²) in [5, 5.41) is 78.3. The van der Waals surface area contributed by atoms with Gasteiger partial charge in [-0.2, -0.15) is 0 Å². The molecular formula is C60H56N4O12. The van der Waals surface area contributed by atoms with Crippen molar-refractivity contribution < 1.29 is 60.0 Å². The number of aromatic hydroxyl groups is 4. The molecule has 0 aliphatic rings. The van der Waals surface area contributed by atoms with Crippen LogP contribution in [0.3, 0.4) is 0 Å². The molecule has 0 saturated carbocycles. The number of hydrogen-bond acceptors (Lipinski definition) is 12. The molecule has 0 amide bonds. The number of aromatic carboxylic acids is 4. The SMILES string of the molecule is Cc1nc(C)c(C)nc1C.Cc1nc(C)c(C)nc1C.O=C(O)c1ccc2cc(O)ccc2c1.O=C(O)c1ccc2cc(O)ccc2c1.O=C(O)c1ccc2cc(O)ccc2c1.O=C(O)c1ccc2cc(O)ccc2c1. The van der Waals surface area contributed by atoms with Gasteiger partial charge in [0.1, 0.15) is 23.0 Å². The molecule has 8 aromatic carbocycles. The van der Waals surface area contributed by atoms with Crippen molar-refractivity contribution in [1.82, 2.24) is 19.9 Å². The third-order valence-electron chi connectivity index (χ3n) is 11.7. The molecule has 2 aromatic heterocycles. The average Bonchev–Trinajstić information content (AvgIpc) is 3.38. The van der Waals surface area contributed by atoms with E-state index in [1.807, 2.05) is 55.4 Å². The van der Waals surface area contributed by atoms with E-state index in [-0.39, 0.29) is 45.3 Å². The fourth-order valence-corrected chi connectivity index (χ4v) is 7.12. The Kier molecular flexibility index (Phi) is 19.2. The van der Waals surface area contributed by atoms with Crippen molar-refractivity contribution in [1.29, 1.82) is 0 Å². The number of aromatic nitrogens is 4. The fourth-order valence-electron chi connectivity index (χ4n) is 7.12. The average molecular weight is 1030 g/mol. The Balaban J connectivity index is 0.000000169. The van der Waals surface area contributed by atoms with Gasteiger partial charge in [-0.1, -0.05) is 48.5 Å². The number of nitrogens with zero attached hydrogens (tertiary/aromatic N) is 4. The van der Waals surface area contributed by atoms with Crippen LogP contribution in [0.5, 0.6) is 23.0 Å². The van der Waals surface area contributed by atoms with Crippen LogP contribution in [0.2, 0.25) is 0 Å². The van der Waals surface area contributed by atoms with Crippen molar-refractivity contribution in [2.45, 2.75) is 55.4 Å². The van der Waals surface area contributed by atoms with E-state index in [0.29, 0.717) is 0 Å². The van der Waals surface area contributed by atoms with Crippen molar-refractivity contribution >= 4 is 67.0 Å². The molecule has 0 fully saturated rings. The Morgan fingerprint density at radius 2 is 0.395 bits per heavy atom. The van der Waals surface area contributed by atoms with Crippen molar-refractivity contribution in [3.63, 3.8) is 0 Å². The lowest BCUT2D eigenvalue weighted by atomic mass is 10.1. The minimum Gasteiger partial charge on any atom is -0.508 e. The maximum absolute atomic E-state index is 10.7. The Labute approximate surface area is 437 Å². The van der Waals surface area contributed by atoms with Gasteiger partial charge in [0.15, 0.2) is 0 Å². The summed E-state index contributed by atoms with van der Waals surface area (Å²) in [4.78, 5) is 59.9. The molecule has 0 aliphatic heterocycles. The normalized spacial score (nSPS) is 10.2. The van der Waals surface area contributed by atoms with E-state index in [0.717, 1.165) is 88.6 Å². The molecule has 0 unspecified atom stereocenters. The highest BCUT2D eigenvalue weighted by Crippen LogP contribution is 2.24. The number of carbonyl (C=O) groups is 4. The second kappa shape index (κ2) is 25.6. The predicted octanol–water partition coefficient (Wildman–Crippen LogP) is 12.4. The number of hydrogen-bond donors (Lipinski definition) is 8. The number of rotatable bonds is 4. The highest BCUT2D eigenvalue weighted by atomic mass is 16.4. The molecule has 0 bridgehead atoms. The molecule has 0 saturated heterocycles. The minimum atomic E-state index is -0.944. The van der Waals surface area contributed by atoms with Crippen LogP contribution in [0.4, 0.5) is 0 Å². The van der Waals surface area contributed by atoms with Gasteiger partial charge in [-0.3, -0.25) is 19.9 Å². The van der Waals surface area contributed by atoms with Crippen LogP contribution in [0.25, 0.3) is 43.1 Å². The number of benzene rings is 8.